The molecule has 1 aromatic carbocycles. The average Bonchev–Trinajstić information content (AvgIpc) is 3.17. The van der Waals surface area contributed by atoms with Crippen molar-refractivity contribution in [3.63, 3.8) is 0 Å². The highest BCUT2D eigenvalue weighted by Crippen LogP contribution is 2.36. The molecule has 5 nitrogen and oxygen atoms in total. The summed E-state index contributed by atoms with van der Waals surface area (Å²) < 4.78 is 5.59. The minimum atomic E-state index is 0.101. The van der Waals surface area contributed by atoms with Gasteiger partial charge in [-0.15, -0.1) is 0 Å². The van der Waals surface area contributed by atoms with Gasteiger partial charge in [-0.25, -0.2) is 0 Å². The second-order valence-electron chi connectivity index (χ2n) is 6.58. The highest BCUT2D eigenvalue weighted by Gasteiger charge is 2.37. The molecule has 0 saturated carbocycles. The smallest absolute Gasteiger partial charge is 0.223 e. The van der Waals surface area contributed by atoms with Crippen LogP contribution in [0.15, 0.2) is 59.5 Å². The van der Waals surface area contributed by atoms with E-state index in [2.05, 4.69) is 16.4 Å². The summed E-state index contributed by atoms with van der Waals surface area (Å²) in [5.74, 6) is 0.445. The fraction of sp³-hybridized carbons (Fsp3) is 0.300. The Morgan fingerprint density at radius 2 is 2.04 bits per heavy atom. The maximum absolute atomic E-state index is 12.2. The number of furan rings is 1. The van der Waals surface area contributed by atoms with Crippen molar-refractivity contribution in [2.75, 3.05) is 13.6 Å². The Labute approximate surface area is 146 Å². The van der Waals surface area contributed by atoms with Crippen LogP contribution in [0.3, 0.4) is 0 Å². The van der Waals surface area contributed by atoms with Crippen molar-refractivity contribution < 1.29 is 9.21 Å². The third-order valence-corrected chi connectivity index (χ3v) is 5.02. The van der Waals surface area contributed by atoms with E-state index in [-0.39, 0.29) is 17.9 Å². The van der Waals surface area contributed by atoms with Crippen LogP contribution in [0.4, 0.5) is 0 Å². The summed E-state index contributed by atoms with van der Waals surface area (Å²) in [4.78, 5) is 18.1. The van der Waals surface area contributed by atoms with Gasteiger partial charge >= 0.3 is 0 Å². The van der Waals surface area contributed by atoms with E-state index in [1.807, 2.05) is 48.5 Å². The van der Waals surface area contributed by atoms with Gasteiger partial charge in [0.2, 0.25) is 5.91 Å². The zero-order chi connectivity index (χ0) is 17.2. The van der Waals surface area contributed by atoms with Crippen LogP contribution < -0.4 is 5.32 Å². The van der Waals surface area contributed by atoms with Crippen LogP contribution in [0.5, 0.6) is 0 Å². The minimum Gasteiger partial charge on any atom is -0.464 e. The zero-order valence-electron chi connectivity index (χ0n) is 14.2. The standard InChI is InChI=1S/C20H21N3O2/c1-23-19(24)10-15(20(23)14-6-8-21-9-7-14)11-22-12-16-13-25-18-5-3-2-4-17(16)18/h2-9,13,15,20,22H,10-12H2,1H3/t15-,20-/m0/s1. The van der Waals surface area contributed by atoms with Crippen LogP contribution in [0.2, 0.25) is 0 Å². The Kier molecular flexibility index (Phi) is 4.24. The number of hydrogen-bond donors (Lipinski definition) is 1. The van der Waals surface area contributed by atoms with E-state index >= 15 is 0 Å². The summed E-state index contributed by atoms with van der Waals surface area (Å²) in [6, 6.07) is 12.1. The van der Waals surface area contributed by atoms with Crippen LogP contribution in [0.1, 0.15) is 23.6 Å². The molecule has 2 atom stereocenters. The third kappa shape index (κ3) is 3.03. The van der Waals surface area contributed by atoms with Crippen molar-refractivity contribution in [2.45, 2.75) is 19.0 Å². The molecule has 25 heavy (non-hydrogen) atoms. The molecule has 0 bridgehead atoms. The quantitative estimate of drug-likeness (QED) is 0.778. The van der Waals surface area contributed by atoms with Gasteiger partial charge in [0.15, 0.2) is 0 Å². The minimum absolute atomic E-state index is 0.101. The molecule has 1 N–H and O–H groups in total. The number of pyridine rings is 1. The predicted molar refractivity (Wildman–Crippen MR) is 95.8 cm³/mol. The number of fused-ring (bicyclic) bond motifs is 1. The van der Waals surface area contributed by atoms with Gasteiger partial charge in [0, 0.05) is 55.8 Å². The van der Waals surface area contributed by atoms with E-state index in [9.17, 15) is 4.79 Å². The van der Waals surface area contributed by atoms with E-state index in [1.165, 1.54) is 0 Å². The lowest BCUT2D eigenvalue weighted by Gasteiger charge is -2.25. The Balaban J connectivity index is 1.45. The number of nitrogens with zero attached hydrogens (tertiary/aromatic N) is 2. The second kappa shape index (κ2) is 6.69. The number of carbonyl (C=O) groups is 1. The van der Waals surface area contributed by atoms with Crippen LogP contribution in [-0.2, 0) is 11.3 Å². The van der Waals surface area contributed by atoms with Gasteiger partial charge in [0.05, 0.1) is 12.3 Å². The molecular formula is C20H21N3O2. The van der Waals surface area contributed by atoms with Crippen LogP contribution in [0, 0.1) is 5.92 Å². The van der Waals surface area contributed by atoms with Crippen molar-refractivity contribution in [1.82, 2.24) is 15.2 Å². The molecule has 4 rings (SSSR count). The number of amides is 1. The summed E-state index contributed by atoms with van der Waals surface area (Å²) in [6.45, 7) is 1.51. The molecule has 3 heterocycles. The summed E-state index contributed by atoms with van der Waals surface area (Å²) in [5.41, 5.74) is 3.20. The molecule has 1 aliphatic heterocycles. The molecule has 0 aliphatic carbocycles. The summed E-state index contributed by atoms with van der Waals surface area (Å²) in [6.07, 6.45) is 5.95. The Hall–Kier alpha value is -2.66. The first kappa shape index (κ1) is 15.8. The molecule has 1 saturated heterocycles. The first-order valence-corrected chi connectivity index (χ1v) is 8.55. The van der Waals surface area contributed by atoms with E-state index in [0.29, 0.717) is 6.42 Å². The lowest BCUT2D eigenvalue weighted by Crippen LogP contribution is -2.29. The number of carbonyl (C=O) groups excluding carboxylic acids is 1. The molecule has 0 unspecified atom stereocenters. The number of likely N-dealkylation sites (tertiary alicyclic amines) is 1. The highest BCUT2D eigenvalue weighted by atomic mass is 16.3. The molecule has 5 heteroatoms. The molecule has 2 aromatic heterocycles. The van der Waals surface area contributed by atoms with Gasteiger partial charge < -0.3 is 14.6 Å². The monoisotopic (exact) mass is 335 g/mol. The SMILES string of the molecule is CN1C(=O)C[C@@H](CNCc2coc3ccccc23)[C@@H]1c1ccncc1. The highest BCUT2D eigenvalue weighted by molar-refractivity contribution is 5.81. The second-order valence-corrected chi connectivity index (χ2v) is 6.58. The number of hydrogen-bond acceptors (Lipinski definition) is 4. The molecule has 128 valence electrons. The zero-order valence-corrected chi connectivity index (χ0v) is 14.2. The first-order valence-electron chi connectivity index (χ1n) is 8.55. The number of benzene rings is 1. The van der Waals surface area contributed by atoms with Crippen molar-refractivity contribution in [2.24, 2.45) is 5.92 Å². The number of para-hydroxylation sites is 1. The fourth-order valence-electron chi connectivity index (χ4n) is 3.75. The first-order chi connectivity index (χ1) is 12.2. The molecule has 0 radical (unpaired) electrons. The van der Waals surface area contributed by atoms with Crippen molar-refractivity contribution in [3.8, 4) is 0 Å². The van der Waals surface area contributed by atoms with Crippen molar-refractivity contribution >= 4 is 16.9 Å². The maximum Gasteiger partial charge on any atom is 0.223 e. The van der Waals surface area contributed by atoms with Gasteiger partial charge in [-0.2, -0.15) is 0 Å². The molecule has 1 amide bonds. The van der Waals surface area contributed by atoms with E-state index in [0.717, 1.165) is 35.2 Å². The largest absolute Gasteiger partial charge is 0.464 e. The van der Waals surface area contributed by atoms with Crippen molar-refractivity contribution in [1.29, 1.82) is 0 Å². The van der Waals surface area contributed by atoms with Gasteiger partial charge in [-0.3, -0.25) is 9.78 Å². The Morgan fingerprint density at radius 1 is 1.24 bits per heavy atom. The molecule has 1 fully saturated rings. The van der Waals surface area contributed by atoms with E-state index in [4.69, 9.17) is 4.42 Å². The van der Waals surface area contributed by atoms with Crippen LogP contribution in [-0.4, -0.2) is 29.4 Å². The van der Waals surface area contributed by atoms with E-state index in [1.54, 1.807) is 12.4 Å². The molecule has 3 aromatic rings. The van der Waals surface area contributed by atoms with Crippen LogP contribution in [0.25, 0.3) is 11.0 Å². The lowest BCUT2D eigenvalue weighted by molar-refractivity contribution is -0.127. The Morgan fingerprint density at radius 3 is 2.88 bits per heavy atom. The summed E-state index contributed by atoms with van der Waals surface area (Å²) in [7, 11) is 1.89. The number of aromatic nitrogens is 1. The van der Waals surface area contributed by atoms with Gasteiger partial charge in [0.25, 0.3) is 0 Å². The predicted octanol–water partition coefficient (Wildman–Crippen LogP) is 3.14. The topological polar surface area (TPSA) is 58.4 Å². The maximum atomic E-state index is 12.2. The number of rotatable bonds is 5. The third-order valence-electron chi connectivity index (χ3n) is 5.02. The van der Waals surface area contributed by atoms with Crippen molar-refractivity contribution in [3.05, 3.63) is 66.2 Å². The number of nitrogens with one attached hydrogen (secondary N) is 1. The molecule has 0 spiro atoms. The average molecular weight is 335 g/mol. The van der Waals surface area contributed by atoms with Gasteiger partial charge in [-0.05, 0) is 23.8 Å². The van der Waals surface area contributed by atoms with Gasteiger partial charge in [-0.1, -0.05) is 18.2 Å². The fourth-order valence-corrected chi connectivity index (χ4v) is 3.75. The van der Waals surface area contributed by atoms with Gasteiger partial charge in [0.1, 0.15) is 5.58 Å². The Bertz CT molecular complexity index is 875. The van der Waals surface area contributed by atoms with Crippen LogP contribution >= 0.6 is 0 Å². The normalized spacial score (nSPS) is 20.5. The molecular weight excluding hydrogens is 314 g/mol. The lowest BCUT2D eigenvalue weighted by atomic mass is 9.94. The summed E-state index contributed by atoms with van der Waals surface area (Å²) >= 11 is 0. The van der Waals surface area contributed by atoms with E-state index < -0.39 is 0 Å². The summed E-state index contributed by atoms with van der Waals surface area (Å²) in [5, 5.41) is 4.65. The molecule has 1 aliphatic rings.